The highest BCUT2D eigenvalue weighted by atomic mass is 32.2. The minimum absolute atomic E-state index is 0.00677. The van der Waals surface area contributed by atoms with Gasteiger partial charge in [0.2, 0.25) is 5.88 Å². The highest BCUT2D eigenvalue weighted by Crippen LogP contribution is 2.25. The van der Waals surface area contributed by atoms with Crippen molar-refractivity contribution in [3.05, 3.63) is 99.2 Å². The first kappa shape index (κ1) is 25.3. The minimum atomic E-state index is -3.87. The van der Waals surface area contributed by atoms with E-state index in [1.165, 1.54) is 38.5 Å². The van der Waals surface area contributed by atoms with Crippen molar-refractivity contribution in [1.29, 1.82) is 0 Å². The Balaban J connectivity index is 1.61. The Morgan fingerprint density at radius 1 is 0.946 bits per heavy atom. The zero-order valence-electron chi connectivity index (χ0n) is 19.7. The summed E-state index contributed by atoms with van der Waals surface area (Å²) in [5, 5.41) is 10.7. The smallest absolute Gasteiger partial charge is 0.335 e. The van der Waals surface area contributed by atoms with Gasteiger partial charge in [0.1, 0.15) is 17.1 Å². The molecule has 0 aliphatic rings. The maximum Gasteiger partial charge on any atom is 0.335 e. The number of aromatic hydroxyl groups is 1. The van der Waals surface area contributed by atoms with Crippen LogP contribution in [0.1, 0.15) is 5.56 Å². The van der Waals surface area contributed by atoms with Crippen LogP contribution in [-0.2, 0) is 10.0 Å². The minimum Gasteiger partial charge on any atom is -0.497 e. The summed E-state index contributed by atoms with van der Waals surface area (Å²) >= 11 is 0. The first-order chi connectivity index (χ1) is 17.7. The number of aromatic nitrogens is 2. The van der Waals surface area contributed by atoms with Crippen molar-refractivity contribution in [2.24, 2.45) is 4.99 Å². The number of methoxy groups -OCH3 is 2. The van der Waals surface area contributed by atoms with E-state index in [2.05, 4.69) is 14.7 Å². The number of nitrogens with zero attached hydrogens (tertiary/aromatic N) is 2. The Bertz CT molecular complexity index is 1670. The normalized spacial score (nSPS) is 11.4. The molecule has 1 heterocycles. The van der Waals surface area contributed by atoms with Gasteiger partial charge in [-0.25, -0.2) is 17.8 Å². The Morgan fingerprint density at radius 2 is 1.62 bits per heavy atom. The molecule has 0 bridgehead atoms. The largest absolute Gasteiger partial charge is 0.497 e. The van der Waals surface area contributed by atoms with Gasteiger partial charge in [0.25, 0.3) is 15.6 Å². The van der Waals surface area contributed by atoms with Crippen molar-refractivity contribution in [1.82, 2.24) is 9.55 Å². The number of aliphatic imine (C=N–C) groups is 1. The second kappa shape index (κ2) is 10.4. The third-order valence-electron chi connectivity index (χ3n) is 5.28. The van der Waals surface area contributed by atoms with Gasteiger partial charge in [-0.1, -0.05) is 12.1 Å². The molecule has 37 heavy (non-hydrogen) atoms. The molecule has 0 radical (unpaired) electrons. The highest BCUT2D eigenvalue weighted by Gasteiger charge is 2.17. The highest BCUT2D eigenvalue weighted by molar-refractivity contribution is 7.92. The first-order valence-corrected chi connectivity index (χ1v) is 12.2. The van der Waals surface area contributed by atoms with Gasteiger partial charge in [-0.15, -0.1) is 0 Å². The monoisotopic (exact) mass is 522 g/mol. The van der Waals surface area contributed by atoms with E-state index in [-0.39, 0.29) is 16.1 Å². The number of nitrogens with one attached hydrogen (secondary N) is 2. The number of benzene rings is 3. The molecule has 3 N–H and O–H groups in total. The van der Waals surface area contributed by atoms with Gasteiger partial charge >= 0.3 is 5.69 Å². The van der Waals surface area contributed by atoms with Crippen LogP contribution in [0.2, 0.25) is 0 Å². The SMILES string of the molecule is COc1ccc(NS(=O)(=O)c2ccc(N=Cc3c(O)n(-c4ccccc4OC)c(=O)[nH]c3=O)cc2)cc1. The van der Waals surface area contributed by atoms with Crippen LogP contribution >= 0.6 is 0 Å². The van der Waals surface area contributed by atoms with Gasteiger partial charge in [0.15, 0.2) is 0 Å². The third-order valence-corrected chi connectivity index (χ3v) is 6.68. The molecule has 4 rings (SSSR count). The number of rotatable bonds is 8. The summed E-state index contributed by atoms with van der Waals surface area (Å²) in [7, 11) is -0.946. The van der Waals surface area contributed by atoms with E-state index in [1.54, 1.807) is 48.5 Å². The topological polar surface area (TPSA) is 152 Å². The molecular formula is C25H22N4O7S. The maximum atomic E-state index is 12.7. The lowest BCUT2D eigenvalue weighted by Gasteiger charge is -2.12. The lowest BCUT2D eigenvalue weighted by Crippen LogP contribution is -2.31. The van der Waals surface area contributed by atoms with Gasteiger partial charge in [0.05, 0.1) is 30.5 Å². The molecule has 0 spiro atoms. The fourth-order valence-electron chi connectivity index (χ4n) is 3.42. The Labute approximate surface area is 211 Å². The van der Waals surface area contributed by atoms with Crippen molar-refractivity contribution in [2.75, 3.05) is 18.9 Å². The number of para-hydroxylation sites is 2. The first-order valence-electron chi connectivity index (χ1n) is 10.8. The Morgan fingerprint density at radius 3 is 2.27 bits per heavy atom. The molecule has 3 aromatic carbocycles. The number of hydrogen-bond donors (Lipinski definition) is 3. The number of aromatic amines is 1. The van der Waals surface area contributed by atoms with Crippen molar-refractivity contribution >= 4 is 27.6 Å². The summed E-state index contributed by atoms with van der Waals surface area (Å²) in [5.74, 6) is 0.258. The molecule has 0 aliphatic heterocycles. The maximum absolute atomic E-state index is 12.7. The molecule has 0 saturated heterocycles. The summed E-state index contributed by atoms with van der Waals surface area (Å²) in [6.45, 7) is 0. The van der Waals surface area contributed by atoms with E-state index in [1.807, 2.05) is 0 Å². The molecule has 0 atom stereocenters. The molecule has 12 heteroatoms. The van der Waals surface area contributed by atoms with Crippen molar-refractivity contribution in [3.63, 3.8) is 0 Å². The molecular weight excluding hydrogens is 500 g/mol. The summed E-state index contributed by atoms with van der Waals surface area (Å²) in [5.41, 5.74) is -1.09. The predicted molar refractivity (Wildman–Crippen MR) is 138 cm³/mol. The van der Waals surface area contributed by atoms with Gasteiger partial charge in [-0.3, -0.25) is 19.5 Å². The van der Waals surface area contributed by atoms with E-state index < -0.39 is 27.2 Å². The summed E-state index contributed by atoms with van der Waals surface area (Å²) in [4.78, 5) is 31.1. The lowest BCUT2D eigenvalue weighted by molar-refractivity contribution is 0.401. The quantitative estimate of drug-likeness (QED) is 0.301. The van der Waals surface area contributed by atoms with Crippen molar-refractivity contribution < 1.29 is 23.0 Å². The van der Waals surface area contributed by atoms with Crippen LogP contribution in [0.4, 0.5) is 11.4 Å². The van der Waals surface area contributed by atoms with Crippen LogP contribution in [0.3, 0.4) is 0 Å². The van der Waals surface area contributed by atoms with Crippen LogP contribution < -0.4 is 25.4 Å². The molecule has 0 aliphatic carbocycles. The number of H-pyrrole nitrogens is 1. The molecule has 0 fully saturated rings. The van der Waals surface area contributed by atoms with E-state index in [0.717, 1.165) is 10.8 Å². The summed E-state index contributed by atoms with van der Waals surface area (Å²) in [6.07, 6.45) is 1.08. The Hall–Kier alpha value is -4.84. The fraction of sp³-hybridized carbons (Fsp3) is 0.0800. The van der Waals surface area contributed by atoms with E-state index in [0.29, 0.717) is 22.9 Å². The van der Waals surface area contributed by atoms with Crippen molar-refractivity contribution in [3.8, 4) is 23.1 Å². The molecule has 0 saturated carbocycles. The molecule has 4 aromatic rings. The second-order valence-corrected chi connectivity index (χ2v) is 9.27. The summed E-state index contributed by atoms with van der Waals surface area (Å²) < 4.78 is 39.0. The van der Waals surface area contributed by atoms with Crippen LogP contribution in [-0.4, -0.2) is 43.5 Å². The van der Waals surface area contributed by atoms with Gasteiger partial charge < -0.3 is 14.6 Å². The number of anilines is 1. The average Bonchev–Trinajstić information content (AvgIpc) is 2.89. The predicted octanol–water partition coefficient (Wildman–Crippen LogP) is 2.80. The second-order valence-electron chi connectivity index (χ2n) is 7.59. The molecule has 0 unspecified atom stereocenters. The molecule has 0 amide bonds. The van der Waals surface area contributed by atoms with Gasteiger partial charge in [0, 0.05) is 11.9 Å². The zero-order chi connectivity index (χ0) is 26.6. The average molecular weight is 523 g/mol. The van der Waals surface area contributed by atoms with Crippen LogP contribution in [0, 0.1) is 0 Å². The van der Waals surface area contributed by atoms with Gasteiger partial charge in [-0.05, 0) is 60.7 Å². The van der Waals surface area contributed by atoms with Crippen LogP contribution in [0.5, 0.6) is 17.4 Å². The number of hydrogen-bond acceptors (Lipinski definition) is 8. The molecule has 1 aromatic heterocycles. The lowest BCUT2D eigenvalue weighted by atomic mass is 10.2. The fourth-order valence-corrected chi connectivity index (χ4v) is 4.48. The van der Waals surface area contributed by atoms with Crippen LogP contribution in [0.15, 0.2) is 92.3 Å². The zero-order valence-corrected chi connectivity index (χ0v) is 20.5. The van der Waals surface area contributed by atoms with Crippen molar-refractivity contribution in [2.45, 2.75) is 4.90 Å². The van der Waals surface area contributed by atoms with Crippen LogP contribution in [0.25, 0.3) is 5.69 Å². The van der Waals surface area contributed by atoms with E-state index in [9.17, 15) is 23.1 Å². The van der Waals surface area contributed by atoms with E-state index >= 15 is 0 Å². The third kappa shape index (κ3) is 5.38. The molecule has 11 nitrogen and oxygen atoms in total. The van der Waals surface area contributed by atoms with Gasteiger partial charge in [-0.2, -0.15) is 0 Å². The summed E-state index contributed by atoms with van der Waals surface area (Å²) in [6, 6.07) is 18.4. The molecule has 190 valence electrons. The number of sulfonamides is 1. The van der Waals surface area contributed by atoms with E-state index in [4.69, 9.17) is 9.47 Å². The standard InChI is InChI=1S/C25H22N4O7S/c1-35-18-11-7-17(8-12-18)28-37(33,34)19-13-9-16(10-14-19)26-15-20-23(30)27-25(32)29(24(20)31)21-5-3-4-6-22(21)36-2/h3-15,28,31H,1-2H3,(H,27,30,32). The Kier molecular flexibility index (Phi) is 7.11. The number of ether oxygens (including phenoxy) is 2.